The highest BCUT2D eigenvalue weighted by atomic mass is 32.2. The summed E-state index contributed by atoms with van der Waals surface area (Å²) in [5, 5.41) is 19.0. The molecule has 0 bridgehead atoms. The lowest BCUT2D eigenvalue weighted by molar-refractivity contribution is 0.0543. The minimum Gasteiger partial charge on any atom is -0.392 e. The fourth-order valence-corrected chi connectivity index (χ4v) is 2.74. The van der Waals surface area contributed by atoms with Crippen molar-refractivity contribution in [2.24, 2.45) is 5.92 Å². The first-order valence-electron chi connectivity index (χ1n) is 4.47. The standard InChI is InChI=1S/C9H18O2S/c1-9(2,11)4-3-7-5-12-6-8(7)10/h7-8,10-11H,3-6H2,1-2H3. The highest BCUT2D eigenvalue weighted by molar-refractivity contribution is 7.99. The Morgan fingerprint density at radius 2 is 2.08 bits per heavy atom. The van der Waals surface area contributed by atoms with Crippen LogP contribution in [0.1, 0.15) is 26.7 Å². The number of hydrogen-bond acceptors (Lipinski definition) is 3. The zero-order valence-corrected chi connectivity index (χ0v) is 8.60. The average molecular weight is 190 g/mol. The van der Waals surface area contributed by atoms with Crippen LogP contribution in [-0.4, -0.2) is 33.4 Å². The fraction of sp³-hybridized carbons (Fsp3) is 1.00. The molecule has 0 aliphatic carbocycles. The highest BCUT2D eigenvalue weighted by Gasteiger charge is 2.27. The molecule has 1 fully saturated rings. The molecular weight excluding hydrogens is 172 g/mol. The number of hydrogen-bond donors (Lipinski definition) is 2. The van der Waals surface area contributed by atoms with Crippen molar-refractivity contribution in [2.75, 3.05) is 11.5 Å². The second-order valence-electron chi connectivity index (χ2n) is 4.22. The van der Waals surface area contributed by atoms with E-state index < -0.39 is 5.60 Å². The molecule has 1 aliphatic rings. The smallest absolute Gasteiger partial charge is 0.0666 e. The third-order valence-corrected chi connectivity index (χ3v) is 3.53. The van der Waals surface area contributed by atoms with Gasteiger partial charge in [0.2, 0.25) is 0 Å². The first-order valence-corrected chi connectivity index (χ1v) is 5.63. The fourth-order valence-electron chi connectivity index (χ4n) is 1.40. The van der Waals surface area contributed by atoms with E-state index in [-0.39, 0.29) is 6.10 Å². The van der Waals surface area contributed by atoms with Crippen LogP contribution in [0.4, 0.5) is 0 Å². The molecule has 0 aromatic heterocycles. The Bertz CT molecular complexity index is 142. The Balaban J connectivity index is 2.23. The first-order chi connectivity index (χ1) is 5.49. The van der Waals surface area contributed by atoms with Crippen LogP contribution >= 0.6 is 11.8 Å². The minimum atomic E-state index is -0.576. The molecule has 2 unspecified atom stereocenters. The van der Waals surface area contributed by atoms with Gasteiger partial charge < -0.3 is 10.2 Å². The van der Waals surface area contributed by atoms with Gasteiger partial charge in [-0.15, -0.1) is 0 Å². The van der Waals surface area contributed by atoms with Crippen molar-refractivity contribution in [1.29, 1.82) is 0 Å². The van der Waals surface area contributed by atoms with Crippen LogP contribution < -0.4 is 0 Å². The lowest BCUT2D eigenvalue weighted by Gasteiger charge is -2.20. The Kier molecular flexibility index (Phi) is 3.44. The summed E-state index contributed by atoms with van der Waals surface area (Å²) in [6.45, 7) is 3.64. The predicted molar refractivity (Wildman–Crippen MR) is 52.4 cm³/mol. The molecule has 1 heterocycles. The van der Waals surface area contributed by atoms with E-state index in [0.29, 0.717) is 5.92 Å². The van der Waals surface area contributed by atoms with Gasteiger partial charge in [0, 0.05) is 5.75 Å². The van der Waals surface area contributed by atoms with Gasteiger partial charge in [0.05, 0.1) is 11.7 Å². The number of aliphatic hydroxyl groups is 2. The number of rotatable bonds is 3. The zero-order valence-electron chi connectivity index (χ0n) is 7.79. The third kappa shape index (κ3) is 3.33. The number of thioether (sulfide) groups is 1. The van der Waals surface area contributed by atoms with E-state index >= 15 is 0 Å². The molecule has 0 amide bonds. The maximum absolute atomic E-state index is 9.48. The molecule has 0 spiro atoms. The minimum absolute atomic E-state index is 0.141. The van der Waals surface area contributed by atoms with Gasteiger partial charge in [0.1, 0.15) is 0 Å². The Hall–Kier alpha value is 0.270. The van der Waals surface area contributed by atoms with Crippen molar-refractivity contribution in [2.45, 2.75) is 38.4 Å². The lowest BCUT2D eigenvalue weighted by atomic mass is 9.93. The van der Waals surface area contributed by atoms with Gasteiger partial charge in [-0.05, 0) is 38.4 Å². The summed E-state index contributed by atoms with van der Waals surface area (Å²) in [6.07, 6.45) is 1.59. The monoisotopic (exact) mass is 190 g/mol. The maximum atomic E-state index is 9.48. The van der Waals surface area contributed by atoms with Gasteiger partial charge in [-0.3, -0.25) is 0 Å². The molecule has 3 heteroatoms. The average Bonchev–Trinajstić information content (AvgIpc) is 2.29. The molecule has 2 N–H and O–H groups in total. The van der Waals surface area contributed by atoms with Crippen molar-refractivity contribution in [3.63, 3.8) is 0 Å². The molecule has 12 heavy (non-hydrogen) atoms. The Morgan fingerprint density at radius 1 is 1.42 bits per heavy atom. The SMILES string of the molecule is CC(C)(O)CCC1CSCC1O. The molecule has 0 aromatic rings. The lowest BCUT2D eigenvalue weighted by Crippen LogP contribution is -2.24. The quantitative estimate of drug-likeness (QED) is 0.704. The van der Waals surface area contributed by atoms with Gasteiger partial charge in [-0.2, -0.15) is 11.8 Å². The van der Waals surface area contributed by atoms with Crippen LogP contribution in [0.5, 0.6) is 0 Å². The summed E-state index contributed by atoms with van der Waals surface area (Å²) in [7, 11) is 0. The van der Waals surface area contributed by atoms with E-state index in [2.05, 4.69) is 0 Å². The first kappa shape index (κ1) is 10.4. The van der Waals surface area contributed by atoms with Crippen LogP contribution in [0, 0.1) is 5.92 Å². The summed E-state index contributed by atoms with van der Waals surface area (Å²) >= 11 is 1.81. The topological polar surface area (TPSA) is 40.5 Å². The summed E-state index contributed by atoms with van der Waals surface area (Å²) in [6, 6.07) is 0. The molecule has 1 saturated heterocycles. The molecule has 2 nitrogen and oxygen atoms in total. The molecular formula is C9H18O2S. The molecule has 1 aliphatic heterocycles. The van der Waals surface area contributed by atoms with Gasteiger partial charge >= 0.3 is 0 Å². The zero-order chi connectivity index (χ0) is 9.19. The van der Waals surface area contributed by atoms with E-state index in [1.165, 1.54) is 0 Å². The van der Waals surface area contributed by atoms with Crippen LogP contribution in [0.15, 0.2) is 0 Å². The van der Waals surface area contributed by atoms with Gasteiger partial charge in [0.15, 0.2) is 0 Å². The molecule has 2 atom stereocenters. The largest absolute Gasteiger partial charge is 0.392 e. The van der Waals surface area contributed by atoms with Crippen LogP contribution in [0.2, 0.25) is 0 Å². The van der Waals surface area contributed by atoms with E-state index in [1.54, 1.807) is 0 Å². The molecule has 0 radical (unpaired) electrons. The van der Waals surface area contributed by atoms with Crippen LogP contribution in [0.3, 0.4) is 0 Å². The summed E-state index contributed by atoms with van der Waals surface area (Å²) in [4.78, 5) is 0. The summed E-state index contributed by atoms with van der Waals surface area (Å²) < 4.78 is 0. The van der Waals surface area contributed by atoms with Crippen molar-refractivity contribution < 1.29 is 10.2 Å². The third-order valence-electron chi connectivity index (χ3n) is 2.29. The van der Waals surface area contributed by atoms with Crippen molar-refractivity contribution in [3.8, 4) is 0 Å². The van der Waals surface area contributed by atoms with Crippen LogP contribution in [0.25, 0.3) is 0 Å². The Morgan fingerprint density at radius 3 is 2.50 bits per heavy atom. The second-order valence-corrected chi connectivity index (χ2v) is 5.29. The number of aliphatic hydroxyl groups excluding tert-OH is 1. The molecule has 0 aromatic carbocycles. The second kappa shape index (κ2) is 3.99. The molecule has 72 valence electrons. The van der Waals surface area contributed by atoms with E-state index in [9.17, 15) is 10.2 Å². The van der Waals surface area contributed by atoms with E-state index in [0.717, 1.165) is 24.3 Å². The maximum Gasteiger partial charge on any atom is 0.0666 e. The van der Waals surface area contributed by atoms with Crippen LogP contribution in [-0.2, 0) is 0 Å². The summed E-state index contributed by atoms with van der Waals surface area (Å²) in [5.74, 6) is 2.33. The molecule has 1 rings (SSSR count). The van der Waals surface area contributed by atoms with Crippen molar-refractivity contribution >= 4 is 11.8 Å². The van der Waals surface area contributed by atoms with Gasteiger partial charge in [0.25, 0.3) is 0 Å². The van der Waals surface area contributed by atoms with Gasteiger partial charge in [-0.25, -0.2) is 0 Å². The van der Waals surface area contributed by atoms with Crippen molar-refractivity contribution in [3.05, 3.63) is 0 Å². The predicted octanol–water partition coefficient (Wildman–Crippen LogP) is 1.26. The normalized spacial score (nSPS) is 31.0. The van der Waals surface area contributed by atoms with Gasteiger partial charge in [-0.1, -0.05) is 0 Å². The van der Waals surface area contributed by atoms with Crippen molar-refractivity contribution in [1.82, 2.24) is 0 Å². The van der Waals surface area contributed by atoms with E-state index in [4.69, 9.17) is 0 Å². The molecule has 0 saturated carbocycles. The highest BCUT2D eigenvalue weighted by Crippen LogP contribution is 2.29. The van der Waals surface area contributed by atoms with E-state index in [1.807, 2.05) is 25.6 Å². The summed E-state index contributed by atoms with van der Waals surface area (Å²) in [5.41, 5.74) is -0.576. The Labute approximate surface area is 78.4 Å².